The first kappa shape index (κ1) is 16.9. The van der Waals surface area contributed by atoms with Crippen LogP contribution in [0.3, 0.4) is 0 Å². The molecule has 0 aromatic heterocycles. The third-order valence-electron chi connectivity index (χ3n) is 3.90. The van der Waals surface area contributed by atoms with E-state index in [-0.39, 0.29) is 5.91 Å². The molecule has 2 aromatic carbocycles. The third kappa shape index (κ3) is 4.49. The fourth-order valence-corrected chi connectivity index (χ4v) is 2.36. The van der Waals surface area contributed by atoms with Crippen molar-refractivity contribution in [3.63, 3.8) is 0 Å². The highest BCUT2D eigenvalue weighted by atomic mass is 16.5. The molecule has 0 unspecified atom stereocenters. The molecule has 0 saturated heterocycles. The Morgan fingerprint density at radius 1 is 1.00 bits per heavy atom. The Morgan fingerprint density at radius 2 is 1.65 bits per heavy atom. The molecule has 23 heavy (non-hydrogen) atoms. The number of methoxy groups -OCH3 is 2. The maximum Gasteiger partial charge on any atom is 0.224 e. The van der Waals surface area contributed by atoms with Gasteiger partial charge in [-0.3, -0.25) is 4.79 Å². The van der Waals surface area contributed by atoms with Gasteiger partial charge in [0.2, 0.25) is 5.91 Å². The normalized spacial score (nSPS) is 10.3. The van der Waals surface area contributed by atoms with E-state index in [1.807, 2.05) is 50.2 Å². The first-order valence-corrected chi connectivity index (χ1v) is 7.57. The van der Waals surface area contributed by atoms with Crippen molar-refractivity contribution in [3.05, 3.63) is 58.7 Å². The van der Waals surface area contributed by atoms with Crippen molar-refractivity contribution < 1.29 is 14.3 Å². The summed E-state index contributed by atoms with van der Waals surface area (Å²) in [5, 5.41) is 2.93. The molecule has 0 atom stereocenters. The molecule has 0 aliphatic carbocycles. The minimum atomic E-state index is -0.0256. The molecule has 4 nitrogen and oxygen atoms in total. The number of rotatable bonds is 6. The lowest BCUT2D eigenvalue weighted by atomic mass is 10.0. The van der Waals surface area contributed by atoms with E-state index in [2.05, 4.69) is 5.32 Å². The van der Waals surface area contributed by atoms with Crippen molar-refractivity contribution >= 4 is 5.91 Å². The average Bonchev–Trinajstić information content (AvgIpc) is 2.56. The van der Waals surface area contributed by atoms with Gasteiger partial charge in [0, 0.05) is 12.1 Å². The number of benzene rings is 2. The van der Waals surface area contributed by atoms with Crippen LogP contribution in [0.4, 0.5) is 0 Å². The Balaban J connectivity index is 1.98. The summed E-state index contributed by atoms with van der Waals surface area (Å²) in [4.78, 5) is 12.2. The zero-order chi connectivity index (χ0) is 16.8. The third-order valence-corrected chi connectivity index (χ3v) is 3.90. The Labute approximate surface area is 137 Å². The highest BCUT2D eigenvalue weighted by molar-refractivity contribution is 5.79. The van der Waals surface area contributed by atoms with E-state index in [4.69, 9.17) is 9.47 Å². The lowest BCUT2D eigenvalue weighted by molar-refractivity contribution is -0.120. The SMILES string of the molecule is COc1ccc(CNC(=O)Cc2cc(C)c(C)cc2OC)cc1. The Kier molecular flexibility index (Phi) is 5.63. The largest absolute Gasteiger partial charge is 0.497 e. The summed E-state index contributed by atoms with van der Waals surface area (Å²) in [7, 11) is 3.26. The van der Waals surface area contributed by atoms with Gasteiger partial charge >= 0.3 is 0 Å². The van der Waals surface area contributed by atoms with Crippen LogP contribution in [0.25, 0.3) is 0 Å². The molecule has 0 fully saturated rings. The minimum Gasteiger partial charge on any atom is -0.497 e. The number of carbonyl (C=O) groups is 1. The summed E-state index contributed by atoms with van der Waals surface area (Å²) in [5.74, 6) is 1.54. The average molecular weight is 313 g/mol. The zero-order valence-corrected chi connectivity index (χ0v) is 14.1. The van der Waals surface area contributed by atoms with Crippen molar-refractivity contribution in [1.82, 2.24) is 5.32 Å². The van der Waals surface area contributed by atoms with Crippen molar-refractivity contribution in [3.8, 4) is 11.5 Å². The molecule has 2 rings (SSSR count). The minimum absolute atomic E-state index is 0.0256. The van der Waals surface area contributed by atoms with Crippen LogP contribution in [0, 0.1) is 13.8 Å². The second-order valence-corrected chi connectivity index (χ2v) is 5.55. The van der Waals surface area contributed by atoms with Gasteiger partial charge in [-0.2, -0.15) is 0 Å². The number of amides is 1. The van der Waals surface area contributed by atoms with Crippen molar-refractivity contribution in [2.45, 2.75) is 26.8 Å². The lowest BCUT2D eigenvalue weighted by Gasteiger charge is -2.12. The maximum atomic E-state index is 12.2. The predicted molar refractivity (Wildman–Crippen MR) is 91.0 cm³/mol. The molecule has 122 valence electrons. The molecule has 1 amide bonds. The molecule has 4 heteroatoms. The van der Waals surface area contributed by atoms with Crippen molar-refractivity contribution in [2.24, 2.45) is 0 Å². The van der Waals surface area contributed by atoms with Gasteiger partial charge in [0.15, 0.2) is 0 Å². The summed E-state index contributed by atoms with van der Waals surface area (Å²) in [6.45, 7) is 4.56. The Hall–Kier alpha value is -2.49. The fraction of sp³-hybridized carbons (Fsp3) is 0.316. The van der Waals surface area contributed by atoms with Gasteiger partial charge in [-0.15, -0.1) is 0 Å². The molecular formula is C19H23NO3. The van der Waals surface area contributed by atoms with Crippen LogP contribution < -0.4 is 14.8 Å². The molecule has 0 radical (unpaired) electrons. The summed E-state index contributed by atoms with van der Waals surface area (Å²) < 4.78 is 10.5. The smallest absolute Gasteiger partial charge is 0.224 e. The molecule has 0 spiro atoms. The number of hydrogen-bond donors (Lipinski definition) is 1. The van der Waals surface area contributed by atoms with E-state index in [1.165, 1.54) is 0 Å². The first-order valence-electron chi connectivity index (χ1n) is 7.57. The van der Waals surface area contributed by atoms with Crippen LogP contribution in [0.1, 0.15) is 22.3 Å². The first-order chi connectivity index (χ1) is 11.0. The molecule has 1 N–H and O–H groups in total. The van der Waals surface area contributed by atoms with E-state index in [1.54, 1.807) is 14.2 Å². The van der Waals surface area contributed by atoms with Crippen molar-refractivity contribution in [2.75, 3.05) is 14.2 Å². The van der Waals surface area contributed by atoms with E-state index < -0.39 is 0 Å². The summed E-state index contributed by atoms with van der Waals surface area (Å²) in [6.07, 6.45) is 0.306. The Morgan fingerprint density at radius 3 is 2.26 bits per heavy atom. The number of carbonyl (C=O) groups excluding carboxylic acids is 1. The van der Waals surface area contributed by atoms with Gasteiger partial charge in [0.1, 0.15) is 11.5 Å². The van der Waals surface area contributed by atoms with Crippen LogP contribution in [0.2, 0.25) is 0 Å². The van der Waals surface area contributed by atoms with Gasteiger partial charge in [0.05, 0.1) is 20.6 Å². The van der Waals surface area contributed by atoms with Crippen LogP contribution >= 0.6 is 0 Å². The van der Waals surface area contributed by atoms with E-state index in [0.29, 0.717) is 13.0 Å². The van der Waals surface area contributed by atoms with E-state index in [9.17, 15) is 4.79 Å². The molecule has 0 bridgehead atoms. The van der Waals surface area contributed by atoms with Crippen LogP contribution in [-0.4, -0.2) is 20.1 Å². The zero-order valence-electron chi connectivity index (χ0n) is 14.1. The highest BCUT2D eigenvalue weighted by Gasteiger charge is 2.10. The topological polar surface area (TPSA) is 47.6 Å². The second-order valence-electron chi connectivity index (χ2n) is 5.55. The van der Waals surface area contributed by atoms with E-state index in [0.717, 1.165) is 33.8 Å². The highest BCUT2D eigenvalue weighted by Crippen LogP contribution is 2.23. The molecule has 0 aliphatic heterocycles. The van der Waals surface area contributed by atoms with Gasteiger partial charge in [-0.05, 0) is 48.7 Å². The fourth-order valence-electron chi connectivity index (χ4n) is 2.36. The molecular weight excluding hydrogens is 290 g/mol. The van der Waals surface area contributed by atoms with Crippen molar-refractivity contribution in [1.29, 1.82) is 0 Å². The molecule has 2 aromatic rings. The summed E-state index contributed by atoms with van der Waals surface area (Å²) in [6, 6.07) is 11.6. The summed E-state index contributed by atoms with van der Waals surface area (Å²) in [5.41, 5.74) is 4.25. The van der Waals surface area contributed by atoms with E-state index >= 15 is 0 Å². The van der Waals surface area contributed by atoms with Gasteiger partial charge in [-0.25, -0.2) is 0 Å². The van der Waals surface area contributed by atoms with Gasteiger partial charge in [0.25, 0.3) is 0 Å². The standard InChI is InChI=1S/C19H23NO3/c1-13-9-16(18(23-4)10-14(13)2)11-19(21)20-12-15-5-7-17(22-3)8-6-15/h5-10H,11-12H2,1-4H3,(H,20,21). The second kappa shape index (κ2) is 7.68. The number of nitrogens with one attached hydrogen (secondary N) is 1. The predicted octanol–water partition coefficient (Wildman–Crippen LogP) is 3.18. The number of aryl methyl sites for hydroxylation is 2. The lowest BCUT2D eigenvalue weighted by Crippen LogP contribution is -2.24. The van der Waals surface area contributed by atoms with Crippen LogP contribution in [0.15, 0.2) is 36.4 Å². The molecule has 0 saturated carbocycles. The monoisotopic (exact) mass is 313 g/mol. The van der Waals surface area contributed by atoms with Gasteiger partial charge < -0.3 is 14.8 Å². The maximum absolute atomic E-state index is 12.2. The van der Waals surface area contributed by atoms with Gasteiger partial charge in [-0.1, -0.05) is 18.2 Å². The summed E-state index contributed by atoms with van der Waals surface area (Å²) >= 11 is 0. The Bertz CT molecular complexity index is 678. The number of ether oxygens (including phenoxy) is 2. The molecule has 0 aliphatic rings. The molecule has 0 heterocycles. The van der Waals surface area contributed by atoms with Crippen LogP contribution in [0.5, 0.6) is 11.5 Å². The van der Waals surface area contributed by atoms with Crippen LogP contribution in [-0.2, 0) is 17.8 Å². The quantitative estimate of drug-likeness (QED) is 0.891. The number of hydrogen-bond acceptors (Lipinski definition) is 3.